The summed E-state index contributed by atoms with van der Waals surface area (Å²) in [6, 6.07) is 3.85. The maximum absolute atomic E-state index is 12.2. The van der Waals surface area contributed by atoms with E-state index in [1.54, 1.807) is 36.4 Å². The summed E-state index contributed by atoms with van der Waals surface area (Å²) in [4.78, 5) is 18.6. The molecule has 1 amide bonds. The third kappa shape index (κ3) is 3.30. The van der Waals surface area contributed by atoms with Crippen LogP contribution in [-0.4, -0.2) is 39.8 Å². The van der Waals surface area contributed by atoms with Crippen LogP contribution < -0.4 is 10.2 Å². The number of aryl methyl sites for hydroxylation is 1. The lowest BCUT2D eigenvalue weighted by Crippen LogP contribution is -2.48. The van der Waals surface area contributed by atoms with Gasteiger partial charge >= 0.3 is 0 Å². The van der Waals surface area contributed by atoms with Crippen molar-refractivity contribution in [2.24, 2.45) is 7.05 Å². The van der Waals surface area contributed by atoms with E-state index in [0.29, 0.717) is 5.69 Å². The predicted molar refractivity (Wildman–Crippen MR) is 87.8 cm³/mol. The molecule has 116 valence electrons. The Hall–Kier alpha value is -1.89. The number of nitrogens with zero attached hydrogens (tertiary/aromatic N) is 4. The van der Waals surface area contributed by atoms with E-state index >= 15 is 0 Å². The van der Waals surface area contributed by atoms with Crippen LogP contribution in [0.3, 0.4) is 0 Å². The van der Waals surface area contributed by atoms with Gasteiger partial charge in [-0.2, -0.15) is 5.10 Å². The first-order valence-corrected chi connectivity index (χ1v) is 8.08. The van der Waals surface area contributed by atoms with Crippen molar-refractivity contribution in [3.8, 4) is 0 Å². The average molecular weight is 364 g/mol. The lowest BCUT2D eigenvalue weighted by Gasteiger charge is -2.35. The van der Waals surface area contributed by atoms with E-state index < -0.39 is 0 Å². The zero-order valence-corrected chi connectivity index (χ0v) is 14.0. The van der Waals surface area contributed by atoms with Gasteiger partial charge in [0.15, 0.2) is 0 Å². The zero-order chi connectivity index (χ0) is 15.5. The van der Waals surface area contributed by atoms with Gasteiger partial charge in [-0.05, 0) is 40.9 Å². The molecule has 1 fully saturated rings. The van der Waals surface area contributed by atoms with Crippen LogP contribution >= 0.6 is 15.9 Å². The Labute approximate surface area is 137 Å². The molecule has 1 atom stereocenters. The summed E-state index contributed by atoms with van der Waals surface area (Å²) < 4.78 is 2.61. The Kier molecular flexibility index (Phi) is 4.42. The lowest BCUT2D eigenvalue weighted by molar-refractivity contribution is 0.0927. The topological polar surface area (TPSA) is 63.1 Å². The summed E-state index contributed by atoms with van der Waals surface area (Å²) >= 11 is 3.54. The van der Waals surface area contributed by atoms with E-state index in [4.69, 9.17) is 0 Å². The quantitative estimate of drug-likeness (QED) is 0.905. The van der Waals surface area contributed by atoms with Crippen LogP contribution in [0, 0.1) is 0 Å². The average Bonchev–Trinajstić information content (AvgIpc) is 2.95. The van der Waals surface area contributed by atoms with Crippen molar-refractivity contribution in [2.75, 3.05) is 18.0 Å². The minimum Gasteiger partial charge on any atom is -0.368 e. The number of carbonyl (C=O) groups excluding carboxylic acids is 1. The van der Waals surface area contributed by atoms with Gasteiger partial charge in [-0.15, -0.1) is 0 Å². The first kappa shape index (κ1) is 15.0. The molecule has 1 aliphatic rings. The number of pyridine rings is 1. The van der Waals surface area contributed by atoms with E-state index in [0.717, 1.165) is 36.1 Å². The van der Waals surface area contributed by atoms with Crippen LogP contribution in [0.15, 0.2) is 35.2 Å². The lowest BCUT2D eigenvalue weighted by atomic mass is 10.0. The molecule has 0 aromatic carbocycles. The van der Waals surface area contributed by atoms with Crippen molar-refractivity contribution in [2.45, 2.75) is 18.9 Å². The molecule has 3 heterocycles. The number of nitrogens with one attached hydrogen (secondary N) is 1. The first-order valence-electron chi connectivity index (χ1n) is 7.28. The van der Waals surface area contributed by atoms with Gasteiger partial charge in [-0.25, -0.2) is 0 Å². The van der Waals surface area contributed by atoms with Crippen molar-refractivity contribution in [3.05, 3.63) is 40.9 Å². The molecule has 1 unspecified atom stereocenters. The molecule has 3 rings (SSSR count). The van der Waals surface area contributed by atoms with E-state index in [2.05, 4.69) is 36.2 Å². The molecule has 2 aromatic rings. The first-order chi connectivity index (χ1) is 10.6. The summed E-state index contributed by atoms with van der Waals surface area (Å²) in [5, 5.41) is 7.22. The highest BCUT2D eigenvalue weighted by molar-refractivity contribution is 9.10. The molecule has 0 spiro atoms. The summed E-state index contributed by atoms with van der Waals surface area (Å²) in [6.45, 7) is 1.78. The number of hydrogen-bond donors (Lipinski definition) is 1. The molecule has 7 heteroatoms. The molecule has 1 aliphatic heterocycles. The Morgan fingerprint density at radius 3 is 3.05 bits per heavy atom. The molecule has 2 aromatic heterocycles. The number of rotatable bonds is 3. The molecule has 22 heavy (non-hydrogen) atoms. The van der Waals surface area contributed by atoms with Gasteiger partial charge in [-0.1, -0.05) is 0 Å². The molecule has 0 radical (unpaired) electrons. The predicted octanol–water partition coefficient (Wildman–Crippen LogP) is 1.98. The van der Waals surface area contributed by atoms with E-state index in [1.807, 2.05) is 6.07 Å². The molecule has 6 nitrogen and oxygen atoms in total. The minimum absolute atomic E-state index is 0.110. The maximum atomic E-state index is 12.2. The standard InChI is InChI=1S/C15H18BrN5O/c1-20-8-5-13(19-20)15(22)18-11-3-2-7-21(10-11)14-4-6-17-9-12(14)16/h4-6,8-9,11H,2-3,7,10H2,1H3,(H,18,22). The third-order valence-corrected chi connectivity index (χ3v) is 4.41. The highest BCUT2D eigenvalue weighted by atomic mass is 79.9. The van der Waals surface area contributed by atoms with Crippen molar-refractivity contribution in [1.29, 1.82) is 0 Å². The molecular formula is C15H18BrN5O. The molecule has 0 aliphatic carbocycles. The monoisotopic (exact) mass is 363 g/mol. The normalized spacial score (nSPS) is 18.3. The fourth-order valence-corrected chi connectivity index (χ4v) is 3.23. The Balaban J connectivity index is 1.66. The van der Waals surface area contributed by atoms with Gasteiger partial charge in [0.2, 0.25) is 0 Å². The fourth-order valence-electron chi connectivity index (χ4n) is 2.73. The maximum Gasteiger partial charge on any atom is 0.272 e. The van der Waals surface area contributed by atoms with Gasteiger partial charge in [0, 0.05) is 44.8 Å². The van der Waals surface area contributed by atoms with Gasteiger partial charge in [0.25, 0.3) is 5.91 Å². The van der Waals surface area contributed by atoms with Crippen LogP contribution in [0.4, 0.5) is 5.69 Å². The number of halogens is 1. The van der Waals surface area contributed by atoms with Crippen LogP contribution in [0.5, 0.6) is 0 Å². The summed E-state index contributed by atoms with van der Waals surface area (Å²) in [5.41, 5.74) is 1.58. The SMILES string of the molecule is Cn1ccc(C(=O)NC2CCCN(c3ccncc3Br)C2)n1. The number of amides is 1. The minimum atomic E-state index is -0.110. The Morgan fingerprint density at radius 1 is 1.45 bits per heavy atom. The number of anilines is 1. The Morgan fingerprint density at radius 2 is 2.32 bits per heavy atom. The largest absolute Gasteiger partial charge is 0.368 e. The summed E-state index contributed by atoms with van der Waals surface area (Å²) in [7, 11) is 1.81. The number of piperidine rings is 1. The summed E-state index contributed by atoms with van der Waals surface area (Å²) in [6.07, 6.45) is 7.39. The third-order valence-electron chi connectivity index (χ3n) is 3.79. The molecule has 1 N–H and O–H groups in total. The highest BCUT2D eigenvalue weighted by Gasteiger charge is 2.23. The molecule has 1 saturated heterocycles. The van der Waals surface area contributed by atoms with Gasteiger partial charge < -0.3 is 10.2 Å². The molecule has 0 bridgehead atoms. The van der Waals surface area contributed by atoms with Crippen LogP contribution in [-0.2, 0) is 7.05 Å². The van der Waals surface area contributed by atoms with Gasteiger partial charge in [-0.3, -0.25) is 14.5 Å². The smallest absolute Gasteiger partial charge is 0.272 e. The fraction of sp³-hybridized carbons (Fsp3) is 0.400. The Bertz CT molecular complexity index is 671. The number of carbonyl (C=O) groups is 1. The van der Waals surface area contributed by atoms with Gasteiger partial charge in [0.1, 0.15) is 5.69 Å². The van der Waals surface area contributed by atoms with Crippen molar-refractivity contribution in [3.63, 3.8) is 0 Å². The second-order valence-electron chi connectivity index (χ2n) is 5.46. The van der Waals surface area contributed by atoms with E-state index in [9.17, 15) is 4.79 Å². The van der Waals surface area contributed by atoms with Crippen LogP contribution in [0.1, 0.15) is 23.3 Å². The second kappa shape index (κ2) is 6.48. The van der Waals surface area contributed by atoms with Gasteiger partial charge in [0.05, 0.1) is 10.2 Å². The van der Waals surface area contributed by atoms with Crippen LogP contribution in [0.25, 0.3) is 0 Å². The van der Waals surface area contributed by atoms with Crippen molar-refractivity contribution >= 4 is 27.5 Å². The number of hydrogen-bond acceptors (Lipinski definition) is 4. The van der Waals surface area contributed by atoms with E-state index in [1.165, 1.54) is 0 Å². The second-order valence-corrected chi connectivity index (χ2v) is 6.31. The molecular weight excluding hydrogens is 346 g/mol. The highest BCUT2D eigenvalue weighted by Crippen LogP contribution is 2.27. The van der Waals surface area contributed by atoms with Crippen molar-refractivity contribution in [1.82, 2.24) is 20.1 Å². The summed E-state index contributed by atoms with van der Waals surface area (Å²) in [5.74, 6) is -0.110. The molecule has 0 saturated carbocycles. The zero-order valence-electron chi connectivity index (χ0n) is 12.4. The number of aromatic nitrogens is 3. The van der Waals surface area contributed by atoms with Crippen molar-refractivity contribution < 1.29 is 4.79 Å². The van der Waals surface area contributed by atoms with E-state index in [-0.39, 0.29) is 11.9 Å². The van der Waals surface area contributed by atoms with Crippen LogP contribution in [0.2, 0.25) is 0 Å².